The summed E-state index contributed by atoms with van der Waals surface area (Å²) in [6.45, 7) is 1.59. The number of aliphatic hydroxyl groups is 2. The van der Waals surface area contributed by atoms with E-state index in [4.69, 9.17) is 10.5 Å². The summed E-state index contributed by atoms with van der Waals surface area (Å²) < 4.78 is 6.62. The third-order valence-corrected chi connectivity index (χ3v) is 7.48. The molecule has 3 aliphatic carbocycles. The van der Waals surface area contributed by atoms with Gasteiger partial charge in [-0.15, -0.1) is 0 Å². The maximum Gasteiger partial charge on any atom is 0.147 e. The minimum Gasteiger partial charge on any atom is -0.509 e. The van der Waals surface area contributed by atoms with E-state index >= 15 is 0 Å². The van der Waals surface area contributed by atoms with Gasteiger partial charge in [0.25, 0.3) is 0 Å². The summed E-state index contributed by atoms with van der Waals surface area (Å²) in [6, 6.07) is 0.460. The Bertz CT molecular complexity index is 699. The number of likely N-dealkylation sites (tertiary alicyclic amines) is 1. The van der Waals surface area contributed by atoms with Gasteiger partial charge in [-0.1, -0.05) is 17.7 Å². The quantitative estimate of drug-likeness (QED) is 0.679. The molecule has 1 spiro atoms. The molecule has 0 aromatic carbocycles. The first-order chi connectivity index (χ1) is 12.0. The Morgan fingerprint density at radius 3 is 3.04 bits per heavy atom. The van der Waals surface area contributed by atoms with Crippen LogP contribution in [0, 0.1) is 11.3 Å². The van der Waals surface area contributed by atoms with Gasteiger partial charge in [-0.05, 0) is 63.9 Å². The molecule has 0 aromatic rings. The van der Waals surface area contributed by atoms with E-state index in [1.807, 2.05) is 12.2 Å². The number of piperidine rings is 1. The number of nitrogens with two attached hydrogens (primary N) is 1. The average molecular weight is 344 g/mol. The van der Waals surface area contributed by atoms with Gasteiger partial charge in [-0.3, -0.25) is 0 Å². The fourth-order valence-corrected chi connectivity index (χ4v) is 6.52. The largest absolute Gasteiger partial charge is 0.509 e. The van der Waals surface area contributed by atoms with Crippen molar-refractivity contribution in [3.63, 3.8) is 0 Å². The van der Waals surface area contributed by atoms with E-state index in [-0.39, 0.29) is 11.5 Å². The Labute approximate surface area is 148 Å². The maximum absolute atomic E-state index is 10.9. The monoisotopic (exact) mass is 344 g/mol. The molecule has 2 heterocycles. The molecule has 5 rings (SSSR count). The molecule has 0 saturated carbocycles. The molecule has 25 heavy (non-hydrogen) atoms. The Morgan fingerprint density at radius 1 is 1.40 bits per heavy atom. The molecule has 0 radical (unpaired) electrons. The average Bonchev–Trinajstić information content (AvgIpc) is 2.92. The Kier molecular flexibility index (Phi) is 3.34. The number of aliphatic hydroxyl groups excluding tert-OH is 2. The lowest BCUT2D eigenvalue weighted by Crippen LogP contribution is -2.61. The van der Waals surface area contributed by atoms with Crippen LogP contribution in [0.3, 0.4) is 0 Å². The van der Waals surface area contributed by atoms with Crippen LogP contribution in [-0.4, -0.2) is 59.1 Å². The smallest absolute Gasteiger partial charge is 0.147 e. The van der Waals surface area contributed by atoms with Crippen molar-refractivity contribution in [3.05, 3.63) is 35.1 Å². The number of hydrogen-bond donors (Lipinski definition) is 3. The molecule has 5 heteroatoms. The molecule has 2 fully saturated rings. The standard InChI is InChI=1S/C20H28N2O3/c1-22-10-8-19-13-4-5-15(23)18(19)25-20(7-2-9-21)16(24)6-3-12(17(19)20)11-14(13)22/h4-6,13-15,18,23-24H,2-3,7-11,21H2,1H3/t13-,14+,15-,18-,19-,20?/m0/s1. The highest BCUT2D eigenvalue weighted by Gasteiger charge is 2.70. The predicted molar refractivity (Wildman–Crippen MR) is 95.0 cm³/mol. The molecule has 2 aliphatic heterocycles. The van der Waals surface area contributed by atoms with Crippen LogP contribution in [0.15, 0.2) is 35.1 Å². The number of hydrogen-bond acceptors (Lipinski definition) is 5. The van der Waals surface area contributed by atoms with Gasteiger partial charge in [0.1, 0.15) is 11.4 Å². The van der Waals surface area contributed by atoms with Crippen LogP contribution < -0.4 is 5.73 Å². The molecule has 5 aliphatic rings. The molecule has 0 amide bonds. The van der Waals surface area contributed by atoms with Gasteiger partial charge in [-0.2, -0.15) is 0 Å². The normalized spacial score (nSPS) is 47.7. The highest BCUT2D eigenvalue weighted by atomic mass is 16.5. The van der Waals surface area contributed by atoms with E-state index in [0.29, 0.717) is 30.7 Å². The van der Waals surface area contributed by atoms with Gasteiger partial charge >= 0.3 is 0 Å². The van der Waals surface area contributed by atoms with Crippen molar-refractivity contribution >= 4 is 0 Å². The summed E-state index contributed by atoms with van der Waals surface area (Å²) in [7, 11) is 2.21. The van der Waals surface area contributed by atoms with Crippen molar-refractivity contribution < 1.29 is 14.9 Å². The first kappa shape index (κ1) is 16.1. The van der Waals surface area contributed by atoms with E-state index in [0.717, 1.165) is 32.2 Å². The molecular weight excluding hydrogens is 316 g/mol. The Morgan fingerprint density at radius 2 is 2.24 bits per heavy atom. The lowest BCUT2D eigenvalue weighted by atomic mass is 9.50. The van der Waals surface area contributed by atoms with Gasteiger partial charge in [0.05, 0.1) is 12.2 Å². The second-order valence-electron chi connectivity index (χ2n) is 8.47. The van der Waals surface area contributed by atoms with E-state index < -0.39 is 11.7 Å². The minimum absolute atomic E-state index is 0.171. The van der Waals surface area contributed by atoms with E-state index in [9.17, 15) is 10.2 Å². The summed E-state index contributed by atoms with van der Waals surface area (Å²) in [4.78, 5) is 2.47. The molecule has 2 saturated heterocycles. The molecular formula is C20H28N2O3. The predicted octanol–water partition coefficient (Wildman–Crippen LogP) is 1.65. The maximum atomic E-state index is 10.9. The number of ether oxygens (including phenoxy) is 1. The van der Waals surface area contributed by atoms with Crippen LogP contribution in [0.2, 0.25) is 0 Å². The molecule has 136 valence electrons. The lowest BCUT2D eigenvalue weighted by molar-refractivity contribution is -0.120. The van der Waals surface area contributed by atoms with Gasteiger partial charge in [-0.25, -0.2) is 0 Å². The third-order valence-electron chi connectivity index (χ3n) is 7.48. The molecule has 2 bridgehead atoms. The highest BCUT2D eigenvalue weighted by Crippen LogP contribution is 2.68. The van der Waals surface area contributed by atoms with Crippen LogP contribution in [0.5, 0.6) is 0 Å². The number of rotatable bonds is 3. The molecule has 6 atom stereocenters. The second-order valence-corrected chi connectivity index (χ2v) is 8.47. The minimum atomic E-state index is -0.760. The van der Waals surface area contributed by atoms with Crippen LogP contribution in [0.4, 0.5) is 0 Å². The zero-order chi connectivity index (χ0) is 17.4. The SMILES string of the molecule is CN1CC[C@]23C4=C5CC=C(O)C4(CCCN)O[C@H]2[C@@H](O)C=C[C@H]3[C@H]1C5. The topological polar surface area (TPSA) is 79.0 Å². The lowest BCUT2D eigenvalue weighted by Gasteiger charge is -2.58. The van der Waals surface area contributed by atoms with Gasteiger partial charge in [0, 0.05) is 17.4 Å². The summed E-state index contributed by atoms with van der Waals surface area (Å²) >= 11 is 0. The zero-order valence-corrected chi connectivity index (χ0v) is 14.8. The van der Waals surface area contributed by atoms with Gasteiger partial charge in [0.2, 0.25) is 0 Å². The van der Waals surface area contributed by atoms with E-state index in [1.165, 1.54) is 11.1 Å². The summed E-state index contributed by atoms with van der Waals surface area (Å²) in [5.41, 5.74) is 7.59. The summed E-state index contributed by atoms with van der Waals surface area (Å²) in [5, 5.41) is 21.7. The van der Waals surface area contributed by atoms with Crippen LogP contribution in [0.25, 0.3) is 0 Å². The van der Waals surface area contributed by atoms with Gasteiger partial charge in [0.15, 0.2) is 0 Å². The van der Waals surface area contributed by atoms with Gasteiger partial charge < -0.3 is 25.6 Å². The zero-order valence-electron chi connectivity index (χ0n) is 14.8. The third kappa shape index (κ3) is 1.78. The molecule has 4 N–H and O–H groups in total. The molecule has 5 nitrogen and oxygen atoms in total. The van der Waals surface area contributed by atoms with E-state index in [2.05, 4.69) is 18.0 Å². The Balaban J connectivity index is 1.74. The molecule has 1 unspecified atom stereocenters. The van der Waals surface area contributed by atoms with Crippen LogP contribution >= 0.6 is 0 Å². The summed E-state index contributed by atoms with van der Waals surface area (Å²) in [6.07, 6.45) is 9.51. The first-order valence-corrected chi connectivity index (χ1v) is 9.61. The molecule has 0 aromatic heterocycles. The number of nitrogens with zero attached hydrogens (tertiary/aromatic N) is 1. The van der Waals surface area contributed by atoms with Crippen molar-refractivity contribution in [2.75, 3.05) is 20.1 Å². The van der Waals surface area contributed by atoms with Crippen molar-refractivity contribution in [2.24, 2.45) is 17.1 Å². The van der Waals surface area contributed by atoms with E-state index in [1.54, 1.807) is 0 Å². The van der Waals surface area contributed by atoms with Crippen molar-refractivity contribution in [1.82, 2.24) is 4.90 Å². The van der Waals surface area contributed by atoms with Crippen LogP contribution in [-0.2, 0) is 4.74 Å². The highest BCUT2D eigenvalue weighted by molar-refractivity contribution is 5.52. The first-order valence-electron chi connectivity index (χ1n) is 9.61. The summed E-state index contributed by atoms with van der Waals surface area (Å²) in [5.74, 6) is 0.691. The fourth-order valence-electron chi connectivity index (χ4n) is 6.52. The fraction of sp³-hybridized carbons (Fsp3) is 0.700. The van der Waals surface area contributed by atoms with Crippen molar-refractivity contribution in [2.45, 2.75) is 56.0 Å². The number of allylic oxidation sites excluding steroid dienone is 1. The second kappa shape index (κ2) is 5.19. The Hall–Kier alpha value is -1.14. The van der Waals surface area contributed by atoms with Crippen LogP contribution in [0.1, 0.15) is 32.1 Å². The van der Waals surface area contributed by atoms with Crippen molar-refractivity contribution in [1.29, 1.82) is 0 Å². The van der Waals surface area contributed by atoms with Crippen molar-refractivity contribution in [3.8, 4) is 0 Å².